The summed E-state index contributed by atoms with van der Waals surface area (Å²) in [6.07, 6.45) is 0. The van der Waals surface area contributed by atoms with Crippen LogP contribution in [0.5, 0.6) is 0 Å². The van der Waals surface area contributed by atoms with Gasteiger partial charge in [0.05, 0.1) is 0 Å². The van der Waals surface area contributed by atoms with E-state index in [-0.39, 0.29) is 11.1 Å². The molecule has 0 saturated heterocycles. The quantitative estimate of drug-likeness (QED) is 0.710. The molecule has 0 bridgehead atoms. The highest BCUT2D eigenvalue weighted by Crippen LogP contribution is 2.36. The Morgan fingerprint density at radius 3 is 1.71 bits per heavy atom. The maximum atomic E-state index is 14.1. The molecule has 0 aliphatic rings. The van der Waals surface area contributed by atoms with Gasteiger partial charge in [-0.15, -0.1) is 0 Å². The molecule has 88 valence electrons. The van der Waals surface area contributed by atoms with E-state index in [0.29, 0.717) is 5.02 Å². The van der Waals surface area contributed by atoms with Crippen LogP contribution in [0.25, 0.3) is 0 Å². The molecule has 2 rings (SSSR count). The van der Waals surface area contributed by atoms with Crippen molar-refractivity contribution in [1.82, 2.24) is 0 Å². The minimum absolute atomic E-state index is 0.0389. The molecule has 2 aromatic rings. The zero-order valence-corrected chi connectivity index (χ0v) is 11.0. The van der Waals surface area contributed by atoms with Crippen LogP contribution in [0.2, 0.25) is 5.02 Å². The summed E-state index contributed by atoms with van der Waals surface area (Å²) in [5.74, 6) is -3.01. The Bertz CT molecular complexity index is 458. The number of benzene rings is 2. The largest absolute Gasteiger partial charge is 0.298 e. The summed E-state index contributed by atoms with van der Waals surface area (Å²) in [7, 11) is 0. The maximum absolute atomic E-state index is 14.1. The minimum atomic E-state index is -3.01. The molecule has 0 unspecified atom stereocenters. The first-order valence-corrected chi connectivity index (χ1v) is 6.07. The van der Waals surface area contributed by atoms with Crippen molar-refractivity contribution in [3.8, 4) is 0 Å². The second-order valence-corrected chi connectivity index (χ2v) is 4.94. The van der Waals surface area contributed by atoms with Crippen LogP contribution in [0, 0.1) is 0 Å². The first kappa shape index (κ1) is 12.5. The summed E-state index contributed by atoms with van der Waals surface area (Å²) in [5, 5.41) is 0.445. The zero-order valence-electron chi connectivity index (χ0n) is 8.63. The summed E-state index contributed by atoms with van der Waals surface area (Å²) in [4.78, 5) is 0. The Hall–Kier alpha value is -0.930. The van der Waals surface area contributed by atoms with Crippen molar-refractivity contribution in [2.24, 2.45) is 0 Å². The first-order chi connectivity index (χ1) is 8.00. The highest BCUT2D eigenvalue weighted by Gasteiger charge is 2.33. The molecule has 0 aromatic heterocycles. The van der Waals surface area contributed by atoms with Crippen molar-refractivity contribution < 1.29 is 8.78 Å². The standard InChI is InChI=1S/C13H8BrClF2/c14-11-5-1-9(2-6-11)13(16,17)10-3-7-12(15)8-4-10/h1-8H. The van der Waals surface area contributed by atoms with Gasteiger partial charge < -0.3 is 0 Å². The normalized spacial score (nSPS) is 11.5. The fourth-order valence-corrected chi connectivity index (χ4v) is 1.88. The van der Waals surface area contributed by atoms with Crippen LogP contribution in [-0.4, -0.2) is 0 Å². The Balaban J connectivity index is 2.41. The minimum Gasteiger partial charge on any atom is -0.196 e. The molecule has 0 radical (unpaired) electrons. The van der Waals surface area contributed by atoms with Gasteiger partial charge in [0.2, 0.25) is 0 Å². The van der Waals surface area contributed by atoms with Gasteiger partial charge in [0, 0.05) is 20.6 Å². The average Bonchev–Trinajstić information content (AvgIpc) is 2.30. The summed E-state index contributed by atoms with van der Waals surface area (Å²) in [6, 6.07) is 11.6. The fourth-order valence-electron chi connectivity index (χ4n) is 1.49. The summed E-state index contributed by atoms with van der Waals surface area (Å²) in [5.41, 5.74) is -0.104. The van der Waals surface area contributed by atoms with Gasteiger partial charge in [-0.2, -0.15) is 8.78 Å². The van der Waals surface area contributed by atoms with Crippen LogP contribution < -0.4 is 0 Å². The molecule has 0 amide bonds. The van der Waals surface area contributed by atoms with E-state index in [1.165, 1.54) is 36.4 Å². The molecule has 0 nitrogen and oxygen atoms in total. The molecule has 0 spiro atoms. The van der Waals surface area contributed by atoms with Gasteiger partial charge in [-0.1, -0.05) is 51.8 Å². The smallest absolute Gasteiger partial charge is 0.196 e. The van der Waals surface area contributed by atoms with Crippen molar-refractivity contribution in [1.29, 1.82) is 0 Å². The van der Waals surface area contributed by atoms with E-state index in [0.717, 1.165) is 4.47 Å². The van der Waals surface area contributed by atoms with Crippen molar-refractivity contribution in [2.75, 3.05) is 0 Å². The molecule has 0 saturated carbocycles. The highest BCUT2D eigenvalue weighted by atomic mass is 79.9. The van der Waals surface area contributed by atoms with Gasteiger partial charge in [-0.05, 0) is 24.3 Å². The lowest BCUT2D eigenvalue weighted by Crippen LogP contribution is -2.14. The zero-order chi connectivity index (χ0) is 12.5. The number of alkyl halides is 2. The highest BCUT2D eigenvalue weighted by molar-refractivity contribution is 9.10. The molecular weight excluding hydrogens is 309 g/mol. The average molecular weight is 318 g/mol. The van der Waals surface area contributed by atoms with Gasteiger partial charge in [-0.3, -0.25) is 0 Å². The van der Waals surface area contributed by atoms with Crippen molar-refractivity contribution in [3.63, 3.8) is 0 Å². The van der Waals surface area contributed by atoms with Crippen LogP contribution in [-0.2, 0) is 5.92 Å². The molecular formula is C13H8BrClF2. The van der Waals surface area contributed by atoms with E-state index >= 15 is 0 Å². The van der Waals surface area contributed by atoms with E-state index in [9.17, 15) is 8.78 Å². The van der Waals surface area contributed by atoms with Crippen LogP contribution in [0.1, 0.15) is 11.1 Å². The molecule has 0 fully saturated rings. The summed E-state index contributed by atoms with van der Waals surface area (Å²) >= 11 is 8.89. The third-order valence-electron chi connectivity index (χ3n) is 2.41. The summed E-state index contributed by atoms with van der Waals surface area (Å²) in [6.45, 7) is 0. The predicted octanol–water partition coefficient (Wildman–Crippen LogP) is 5.24. The van der Waals surface area contributed by atoms with E-state index in [1.54, 1.807) is 12.1 Å². The van der Waals surface area contributed by atoms with E-state index in [4.69, 9.17) is 11.6 Å². The van der Waals surface area contributed by atoms with Gasteiger partial charge in [0.1, 0.15) is 0 Å². The number of rotatable bonds is 2. The predicted molar refractivity (Wildman–Crippen MR) is 68.6 cm³/mol. The van der Waals surface area contributed by atoms with Crippen LogP contribution in [0.3, 0.4) is 0 Å². The van der Waals surface area contributed by atoms with Crippen LogP contribution in [0.15, 0.2) is 53.0 Å². The van der Waals surface area contributed by atoms with E-state index < -0.39 is 5.92 Å². The molecule has 0 heterocycles. The fraction of sp³-hybridized carbons (Fsp3) is 0.0769. The Kier molecular flexibility index (Phi) is 3.50. The SMILES string of the molecule is FC(F)(c1ccc(Cl)cc1)c1ccc(Br)cc1. The van der Waals surface area contributed by atoms with Crippen LogP contribution >= 0.6 is 27.5 Å². The lowest BCUT2D eigenvalue weighted by Gasteiger charge is -2.17. The molecule has 0 N–H and O–H groups in total. The molecule has 17 heavy (non-hydrogen) atoms. The van der Waals surface area contributed by atoms with Gasteiger partial charge in [0.25, 0.3) is 5.92 Å². The monoisotopic (exact) mass is 316 g/mol. The number of halogens is 4. The molecule has 0 aliphatic carbocycles. The van der Waals surface area contributed by atoms with Crippen molar-refractivity contribution >= 4 is 27.5 Å². The second kappa shape index (κ2) is 4.75. The topological polar surface area (TPSA) is 0 Å². The number of hydrogen-bond donors (Lipinski definition) is 0. The molecule has 4 heteroatoms. The van der Waals surface area contributed by atoms with Crippen molar-refractivity contribution in [3.05, 3.63) is 69.2 Å². The second-order valence-electron chi connectivity index (χ2n) is 3.59. The molecule has 2 aromatic carbocycles. The Morgan fingerprint density at radius 1 is 0.824 bits per heavy atom. The Labute approximate surface area is 111 Å². The molecule has 0 aliphatic heterocycles. The van der Waals surface area contributed by atoms with E-state index in [2.05, 4.69) is 15.9 Å². The molecule has 0 atom stereocenters. The van der Waals surface area contributed by atoms with Crippen molar-refractivity contribution in [2.45, 2.75) is 5.92 Å². The lowest BCUT2D eigenvalue weighted by molar-refractivity contribution is 0.0428. The third kappa shape index (κ3) is 2.67. The van der Waals surface area contributed by atoms with Gasteiger partial charge in [0.15, 0.2) is 0 Å². The number of hydrogen-bond acceptors (Lipinski definition) is 0. The first-order valence-electron chi connectivity index (χ1n) is 4.90. The third-order valence-corrected chi connectivity index (χ3v) is 3.19. The van der Waals surface area contributed by atoms with Gasteiger partial charge in [-0.25, -0.2) is 0 Å². The Morgan fingerprint density at radius 2 is 1.24 bits per heavy atom. The van der Waals surface area contributed by atoms with Gasteiger partial charge >= 0.3 is 0 Å². The lowest BCUT2D eigenvalue weighted by atomic mass is 10.0. The van der Waals surface area contributed by atoms with Crippen LogP contribution in [0.4, 0.5) is 8.78 Å². The maximum Gasteiger partial charge on any atom is 0.298 e. The summed E-state index contributed by atoms with van der Waals surface area (Å²) < 4.78 is 29.0. The van der Waals surface area contributed by atoms with E-state index in [1.807, 2.05) is 0 Å².